The van der Waals surface area contributed by atoms with E-state index in [4.69, 9.17) is 0 Å². The Labute approximate surface area is 202 Å². The Morgan fingerprint density at radius 1 is 1.07 bits per heavy atom. The predicted molar refractivity (Wildman–Crippen MR) is 135 cm³/mol. The zero-order valence-corrected chi connectivity index (χ0v) is 23.1. The Hall–Kier alpha value is 0.660. The van der Waals surface area contributed by atoms with Crippen LogP contribution in [-0.4, -0.2) is 14.4 Å². The van der Waals surface area contributed by atoms with Crippen LogP contribution in [0.4, 0.5) is 0 Å². The zero-order chi connectivity index (χ0) is 21.9. The smallest absolute Gasteiger partial charge is 0.0923 e. The Kier molecular flexibility index (Phi) is 6.71. The highest BCUT2D eigenvalue weighted by atomic mass is 79.9. The van der Waals surface area contributed by atoms with E-state index >= 15 is 0 Å². The van der Waals surface area contributed by atoms with Crippen LogP contribution in [0.5, 0.6) is 0 Å². The molecule has 8 atom stereocenters. The predicted octanol–water partition coefficient (Wildman–Crippen LogP) is 8.48. The highest BCUT2D eigenvalue weighted by Crippen LogP contribution is 2.71. The molecule has 0 aromatic carbocycles. The van der Waals surface area contributed by atoms with Gasteiger partial charge in [-0.3, -0.25) is 0 Å². The second kappa shape index (κ2) is 8.46. The Bertz CT molecular complexity index is 670. The highest BCUT2D eigenvalue weighted by molar-refractivity contribution is 9.25. The monoisotopic (exact) mass is 542 g/mol. The quantitative estimate of drug-likeness (QED) is 0.272. The molecular weight excluding hydrogens is 500 g/mol. The maximum atomic E-state index is 10.5. The van der Waals surface area contributed by atoms with E-state index in [1.807, 2.05) is 0 Å². The minimum atomic E-state index is -0.226. The Balaban J connectivity index is 1.55. The van der Waals surface area contributed by atoms with E-state index in [1.165, 1.54) is 56.9 Å². The van der Waals surface area contributed by atoms with Crippen molar-refractivity contribution in [3.63, 3.8) is 0 Å². The van der Waals surface area contributed by atoms with Gasteiger partial charge in [0.05, 0.1) is 9.34 Å². The molecule has 4 aliphatic carbocycles. The fourth-order valence-electron chi connectivity index (χ4n) is 8.72. The molecule has 3 saturated carbocycles. The number of fused-ring (bicyclic) bond motifs is 5. The van der Waals surface area contributed by atoms with Gasteiger partial charge in [-0.15, -0.1) is 0 Å². The maximum Gasteiger partial charge on any atom is 0.0923 e. The fourth-order valence-corrected chi connectivity index (χ4v) is 10.6. The van der Waals surface area contributed by atoms with Gasteiger partial charge in [-0.2, -0.15) is 0 Å². The molecule has 0 aromatic heterocycles. The minimum absolute atomic E-state index is 0.122. The van der Waals surface area contributed by atoms with Gasteiger partial charge in [0.2, 0.25) is 0 Å². The van der Waals surface area contributed by atoms with Gasteiger partial charge in [0, 0.05) is 5.41 Å². The number of aliphatic hydroxyl groups is 1. The molecule has 0 aromatic rings. The second-order valence-corrected chi connectivity index (χ2v) is 16.1. The molecule has 0 bridgehead atoms. The van der Waals surface area contributed by atoms with Crippen LogP contribution in [0.25, 0.3) is 0 Å². The molecule has 4 aliphatic rings. The van der Waals surface area contributed by atoms with Crippen molar-refractivity contribution in [2.75, 3.05) is 0 Å². The first-order valence-corrected chi connectivity index (χ1v) is 14.3. The van der Waals surface area contributed by atoms with Crippen LogP contribution in [0.15, 0.2) is 11.6 Å². The molecule has 0 amide bonds. The summed E-state index contributed by atoms with van der Waals surface area (Å²) in [5.74, 6) is 5.06. The summed E-state index contributed by atoms with van der Waals surface area (Å²) >= 11 is 8.14. The lowest BCUT2D eigenvalue weighted by molar-refractivity contribution is -0.0571. The molecule has 3 fully saturated rings. The SMILES string of the molecule is CC(C)CCC[C@@H](C)[C@H]1CC[C@H]2[C@@H]3CC=C4C[C@@H](O)CC(Br)(Br)[C@]4(C)[C@H]3CC[C@]12C. The van der Waals surface area contributed by atoms with Crippen molar-refractivity contribution < 1.29 is 5.11 Å². The van der Waals surface area contributed by atoms with Crippen molar-refractivity contribution in [2.45, 2.75) is 108 Å². The molecule has 0 radical (unpaired) electrons. The number of aliphatic hydroxyl groups excluding tert-OH is 1. The van der Waals surface area contributed by atoms with Gasteiger partial charge in [0.1, 0.15) is 0 Å². The number of hydrogen-bond acceptors (Lipinski definition) is 1. The van der Waals surface area contributed by atoms with E-state index in [0.29, 0.717) is 5.41 Å². The minimum Gasteiger partial charge on any atom is -0.393 e. The first-order valence-electron chi connectivity index (χ1n) is 12.8. The Morgan fingerprint density at radius 2 is 1.80 bits per heavy atom. The lowest BCUT2D eigenvalue weighted by Crippen LogP contribution is -2.57. The molecule has 1 N–H and O–H groups in total. The molecule has 172 valence electrons. The zero-order valence-electron chi connectivity index (χ0n) is 19.9. The largest absolute Gasteiger partial charge is 0.393 e. The van der Waals surface area contributed by atoms with Crippen LogP contribution < -0.4 is 0 Å². The topological polar surface area (TPSA) is 20.2 Å². The standard InChI is InChI=1S/C27H44Br2O/c1-17(2)7-6-8-18(3)22-11-12-23-21-10-9-19-15-20(30)16-27(28,29)26(19,5)24(21)13-14-25(22,23)4/h9,17-18,20-24,30H,6-8,10-16H2,1-5H3/t18-,20-,21+,22-,23+,24+,25-,26+/m1/s1. The van der Waals surface area contributed by atoms with Crippen molar-refractivity contribution in [3.05, 3.63) is 11.6 Å². The van der Waals surface area contributed by atoms with Crippen LogP contribution >= 0.6 is 31.9 Å². The number of hydrogen-bond donors (Lipinski definition) is 1. The molecule has 0 unspecified atom stereocenters. The van der Waals surface area contributed by atoms with Crippen molar-refractivity contribution in [2.24, 2.45) is 46.3 Å². The summed E-state index contributed by atoms with van der Waals surface area (Å²) in [4.78, 5) is 0. The van der Waals surface area contributed by atoms with Crippen LogP contribution in [0.2, 0.25) is 0 Å². The van der Waals surface area contributed by atoms with E-state index in [0.717, 1.165) is 48.3 Å². The van der Waals surface area contributed by atoms with Crippen LogP contribution in [0.1, 0.15) is 98.8 Å². The van der Waals surface area contributed by atoms with E-state index in [9.17, 15) is 5.11 Å². The van der Waals surface area contributed by atoms with Crippen LogP contribution in [0.3, 0.4) is 0 Å². The van der Waals surface area contributed by atoms with Crippen LogP contribution in [-0.2, 0) is 0 Å². The van der Waals surface area contributed by atoms with Gasteiger partial charge in [-0.25, -0.2) is 0 Å². The van der Waals surface area contributed by atoms with Gasteiger partial charge in [-0.05, 0) is 85.9 Å². The lowest BCUT2D eigenvalue weighted by Gasteiger charge is -2.62. The first kappa shape index (κ1) is 23.8. The van der Waals surface area contributed by atoms with Gasteiger partial charge in [0.15, 0.2) is 0 Å². The molecule has 0 aliphatic heterocycles. The van der Waals surface area contributed by atoms with Gasteiger partial charge >= 0.3 is 0 Å². The van der Waals surface area contributed by atoms with Gasteiger partial charge in [-0.1, -0.05) is 97.4 Å². The first-order chi connectivity index (χ1) is 14.0. The molecule has 0 saturated heterocycles. The molecular formula is C27H44Br2O. The third-order valence-electron chi connectivity index (χ3n) is 10.4. The molecule has 3 heteroatoms. The normalized spacial score (nSPS) is 46.0. The molecule has 0 spiro atoms. The molecule has 1 nitrogen and oxygen atoms in total. The number of rotatable bonds is 5. The van der Waals surface area contributed by atoms with Crippen LogP contribution in [0, 0.1) is 46.3 Å². The van der Waals surface area contributed by atoms with Crippen molar-refractivity contribution in [1.82, 2.24) is 0 Å². The molecule has 30 heavy (non-hydrogen) atoms. The summed E-state index contributed by atoms with van der Waals surface area (Å²) in [6.45, 7) is 12.5. The van der Waals surface area contributed by atoms with Gasteiger partial charge in [0.25, 0.3) is 0 Å². The summed E-state index contributed by atoms with van der Waals surface area (Å²) in [6.07, 6.45) is 15.1. The van der Waals surface area contributed by atoms with Gasteiger partial charge < -0.3 is 5.11 Å². The summed E-state index contributed by atoms with van der Waals surface area (Å²) in [5.41, 5.74) is 2.17. The van der Waals surface area contributed by atoms with Crippen molar-refractivity contribution >= 4 is 31.9 Å². The summed E-state index contributed by atoms with van der Waals surface area (Å²) in [7, 11) is 0. The van der Waals surface area contributed by atoms with E-state index in [1.54, 1.807) is 0 Å². The third-order valence-corrected chi connectivity index (χ3v) is 12.7. The van der Waals surface area contributed by atoms with E-state index in [2.05, 4.69) is 72.6 Å². The average molecular weight is 544 g/mol. The average Bonchev–Trinajstić information content (AvgIpc) is 2.99. The van der Waals surface area contributed by atoms with Crippen molar-refractivity contribution in [3.8, 4) is 0 Å². The number of alkyl halides is 2. The number of allylic oxidation sites excluding steroid dienone is 1. The number of halogens is 2. The lowest BCUT2D eigenvalue weighted by atomic mass is 9.47. The van der Waals surface area contributed by atoms with E-state index < -0.39 is 0 Å². The Morgan fingerprint density at radius 3 is 2.50 bits per heavy atom. The third kappa shape index (κ3) is 3.73. The second-order valence-electron chi connectivity index (χ2n) is 12.3. The molecule has 4 rings (SSSR count). The summed E-state index contributed by atoms with van der Waals surface area (Å²) in [5, 5.41) is 10.5. The summed E-state index contributed by atoms with van der Waals surface area (Å²) in [6, 6.07) is 0. The highest BCUT2D eigenvalue weighted by Gasteiger charge is 2.64. The maximum absolute atomic E-state index is 10.5. The molecule has 0 heterocycles. The van der Waals surface area contributed by atoms with Crippen molar-refractivity contribution in [1.29, 1.82) is 0 Å². The van der Waals surface area contributed by atoms with E-state index in [-0.39, 0.29) is 14.8 Å². The fraction of sp³-hybridized carbons (Fsp3) is 0.926. The summed E-state index contributed by atoms with van der Waals surface area (Å²) < 4.78 is -0.171.